The highest BCUT2D eigenvalue weighted by Crippen LogP contribution is 2.29. The second kappa shape index (κ2) is 11.6. The number of rotatable bonds is 7. The van der Waals surface area contributed by atoms with E-state index in [1.807, 2.05) is 7.05 Å². The van der Waals surface area contributed by atoms with Crippen molar-refractivity contribution in [2.45, 2.75) is 152 Å². The van der Waals surface area contributed by atoms with E-state index in [9.17, 15) is 0 Å². The van der Waals surface area contributed by atoms with E-state index in [-0.39, 0.29) is 0 Å². The van der Waals surface area contributed by atoms with Gasteiger partial charge in [-0.25, -0.2) is 10.6 Å². The maximum atomic E-state index is 5.32. The average Bonchev–Trinajstić information content (AvgIpc) is 2.78. The molecule has 2 N–H and O–H groups in total. The van der Waals surface area contributed by atoms with Crippen LogP contribution in [0.1, 0.15) is 110 Å². The third kappa shape index (κ3) is 6.92. The Kier molecular flexibility index (Phi) is 8.92. The minimum atomic E-state index is 0.634. The van der Waals surface area contributed by atoms with E-state index in [2.05, 4.69) is 22.9 Å². The zero-order valence-electron chi connectivity index (χ0n) is 19.8. The molecule has 172 valence electrons. The Hall–Kier alpha value is -0.160. The van der Waals surface area contributed by atoms with Crippen molar-refractivity contribution in [1.29, 1.82) is 0 Å². The summed E-state index contributed by atoms with van der Waals surface area (Å²) in [5.74, 6) is 0.954. The van der Waals surface area contributed by atoms with Gasteiger partial charge in [-0.3, -0.25) is 0 Å². The van der Waals surface area contributed by atoms with Gasteiger partial charge in [-0.15, -0.1) is 0 Å². The summed E-state index contributed by atoms with van der Waals surface area (Å²) in [6.07, 6.45) is 21.5. The van der Waals surface area contributed by atoms with Gasteiger partial charge in [0.1, 0.15) is 0 Å². The second-order valence-corrected chi connectivity index (χ2v) is 11.2. The topological polar surface area (TPSA) is 52.3 Å². The van der Waals surface area contributed by atoms with Crippen LogP contribution in [0.25, 0.3) is 0 Å². The van der Waals surface area contributed by atoms with Gasteiger partial charge in [0.05, 0.1) is 0 Å². The summed E-state index contributed by atoms with van der Waals surface area (Å²) in [6, 6.07) is 4.99. The van der Waals surface area contributed by atoms with Crippen molar-refractivity contribution in [2.75, 3.05) is 7.05 Å². The third-order valence-electron chi connectivity index (χ3n) is 8.84. The molecule has 4 heteroatoms. The predicted octanol–water partition coefficient (Wildman–Crippen LogP) is 4.52. The highest BCUT2D eigenvalue weighted by molar-refractivity contribution is 4.90. The van der Waals surface area contributed by atoms with Gasteiger partial charge in [0.15, 0.2) is 0 Å². The fraction of sp³-hybridized carbons (Fsp3) is 1.00. The minimum absolute atomic E-state index is 0.634. The summed E-state index contributed by atoms with van der Waals surface area (Å²) in [6.45, 7) is 2.42. The minimum Gasteiger partial charge on any atom is -0.311 e. The molecule has 0 aromatic rings. The summed E-state index contributed by atoms with van der Waals surface area (Å²) in [5.41, 5.74) is 0. The van der Waals surface area contributed by atoms with Crippen molar-refractivity contribution < 1.29 is 0 Å². The monoisotopic (exact) mass is 416 g/mol. The Morgan fingerprint density at radius 3 is 1.17 bits per heavy atom. The van der Waals surface area contributed by atoms with Crippen LogP contribution in [-0.4, -0.2) is 49.3 Å². The van der Waals surface area contributed by atoms with Gasteiger partial charge >= 0.3 is 0 Å². The molecular weight excluding hydrogens is 368 g/mol. The Morgan fingerprint density at radius 1 is 0.467 bits per heavy atom. The lowest BCUT2D eigenvalue weighted by Gasteiger charge is -2.38. The van der Waals surface area contributed by atoms with Gasteiger partial charge in [-0.1, -0.05) is 6.92 Å². The van der Waals surface area contributed by atoms with Crippen molar-refractivity contribution in [3.8, 4) is 0 Å². The van der Waals surface area contributed by atoms with Gasteiger partial charge in [-0.2, -0.15) is 0 Å². The molecule has 0 spiro atoms. The molecule has 0 saturated heterocycles. The Morgan fingerprint density at radius 2 is 0.800 bits per heavy atom. The lowest BCUT2D eigenvalue weighted by Crippen LogP contribution is -2.47. The molecule has 0 atom stereocenters. The van der Waals surface area contributed by atoms with Crippen LogP contribution in [0, 0.1) is 5.92 Å². The maximum Gasteiger partial charge on any atom is 0.0250 e. The molecule has 0 bridgehead atoms. The largest absolute Gasteiger partial charge is 0.311 e. The zero-order valence-corrected chi connectivity index (χ0v) is 19.8. The number of hydrogen-bond donors (Lipinski definition) is 2. The summed E-state index contributed by atoms with van der Waals surface area (Å²) >= 11 is 0. The normalized spacial score (nSPS) is 43.4. The van der Waals surface area contributed by atoms with E-state index in [1.165, 1.54) is 103 Å². The number of nitrogens with zero attached hydrogens (tertiary/aromatic N) is 2. The van der Waals surface area contributed by atoms with E-state index in [0.717, 1.165) is 30.1 Å². The van der Waals surface area contributed by atoms with E-state index in [0.29, 0.717) is 18.1 Å². The summed E-state index contributed by atoms with van der Waals surface area (Å²) in [4.78, 5) is 0. The first kappa shape index (κ1) is 23.0. The van der Waals surface area contributed by atoms with Gasteiger partial charge in [-0.05, 0) is 109 Å². The number of nitrogens with one attached hydrogen (secondary N) is 2. The van der Waals surface area contributed by atoms with E-state index in [1.54, 1.807) is 0 Å². The second-order valence-electron chi connectivity index (χ2n) is 11.2. The van der Waals surface area contributed by atoms with Crippen molar-refractivity contribution in [3.63, 3.8) is 0 Å². The highest BCUT2D eigenvalue weighted by atomic mass is 15.0. The third-order valence-corrected chi connectivity index (χ3v) is 8.84. The van der Waals surface area contributed by atoms with Crippen LogP contribution in [0.2, 0.25) is 0 Å². The van der Waals surface area contributed by atoms with E-state index in [4.69, 9.17) is 5.32 Å². The Bertz CT molecular complexity index is 465. The summed E-state index contributed by atoms with van der Waals surface area (Å²) in [7, 11) is 1.99. The highest BCUT2D eigenvalue weighted by Gasteiger charge is 2.30. The molecule has 0 heterocycles. The molecule has 4 nitrogen and oxygen atoms in total. The lowest BCUT2D eigenvalue weighted by atomic mass is 9.84. The Labute approximate surface area is 186 Å². The van der Waals surface area contributed by atoms with Crippen molar-refractivity contribution in [2.24, 2.45) is 5.92 Å². The summed E-state index contributed by atoms with van der Waals surface area (Å²) in [5, 5.41) is 17.8. The van der Waals surface area contributed by atoms with E-state index >= 15 is 0 Å². The molecule has 4 fully saturated rings. The lowest BCUT2D eigenvalue weighted by molar-refractivity contribution is 0.209. The molecule has 4 aliphatic carbocycles. The van der Waals surface area contributed by atoms with Crippen molar-refractivity contribution >= 4 is 0 Å². The van der Waals surface area contributed by atoms with Crippen molar-refractivity contribution in [3.05, 3.63) is 0 Å². The Balaban J connectivity index is 1.07. The predicted molar refractivity (Wildman–Crippen MR) is 126 cm³/mol. The molecule has 30 heavy (non-hydrogen) atoms. The van der Waals surface area contributed by atoms with Gasteiger partial charge in [0, 0.05) is 49.3 Å². The van der Waals surface area contributed by atoms with Gasteiger partial charge < -0.3 is 10.6 Å². The standard InChI is InChI=1S/C26H48N4/c1-19-3-5-21(6-4-19)28-23-11-13-25(14-12-23)30-26-17-15-24(16-18-26)29-22-9-7-20(27-2)8-10-22/h19-26,28-29H,3-18H2,1-2H3. The van der Waals surface area contributed by atoms with Gasteiger partial charge in [0.25, 0.3) is 0 Å². The fourth-order valence-corrected chi connectivity index (χ4v) is 6.68. The molecule has 0 aliphatic heterocycles. The quantitative estimate of drug-likeness (QED) is 0.641. The molecule has 0 amide bonds. The van der Waals surface area contributed by atoms with Gasteiger partial charge in [0.2, 0.25) is 0 Å². The van der Waals surface area contributed by atoms with Crippen LogP contribution in [0.3, 0.4) is 0 Å². The van der Waals surface area contributed by atoms with Crippen LogP contribution in [0.4, 0.5) is 0 Å². The molecule has 0 aromatic heterocycles. The van der Waals surface area contributed by atoms with Crippen LogP contribution < -0.4 is 21.3 Å². The van der Waals surface area contributed by atoms with Crippen molar-refractivity contribution in [1.82, 2.24) is 21.3 Å². The molecule has 4 aliphatic rings. The fourth-order valence-electron chi connectivity index (χ4n) is 6.68. The summed E-state index contributed by atoms with van der Waals surface area (Å²) < 4.78 is 0. The SMILES string of the molecule is C[N]C1CCC(NC2CCC([N]C3CCC(NC4CCC(C)CC4)CC3)CC2)CC1. The number of hydrogen-bond acceptors (Lipinski definition) is 2. The van der Waals surface area contributed by atoms with Crippen LogP contribution in [-0.2, 0) is 0 Å². The molecule has 0 aromatic carbocycles. The molecule has 4 rings (SSSR count). The maximum absolute atomic E-state index is 5.32. The average molecular weight is 417 g/mol. The van der Waals surface area contributed by atoms with E-state index < -0.39 is 0 Å². The van der Waals surface area contributed by atoms with Crippen LogP contribution in [0.15, 0.2) is 0 Å². The first-order valence-electron chi connectivity index (χ1n) is 13.5. The zero-order chi connectivity index (χ0) is 20.8. The molecule has 2 radical (unpaired) electrons. The first-order chi connectivity index (χ1) is 14.7. The molecule has 0 unspecified atom stereocenters. The van der Waals surface area contributed by atoms with Crippen LogP contribution in [0.5, 0.6) is 0 Å². The van der Waals surface area contributed by atoms with Crippen LogP contribution >= 0.6 is 0 Å². The molecule has 4 saturated carbocycles. The first-order valence-corrected chi connectivity index (χ1v) is 13.5. The smallest absolute Gasteiger partial charge is 0.0250 e. The molecular formula is C26H48N4.